The third-order valence-corrected chi connectivity index (χ3v) is 5.31. The van der Waals surface area contributed by atoms with Crippen molar-refractivity contribution in [2.75, 3.05) is 0 Å². The average Bonchev–Trinajstić information content (AvgIpc) is 2.81. The maximum atomic E-state index is 13.7. The number of esters is 1. The predicted octanol–water partition coefficient (Wildman–Crippen LogP) is 6.49. The van der Waals surface area contributed by atoms with Crippen LogP contribution in [0.1, 0.15) is 16.1 Å². The van der Waals surface area contributed by atoms with Gasteiger partial charge in [0.15, 0.2) is 0 Å². The molecule has 1 aromatic heterocycles. The third-order valence-electron chi connectivity index (χ3n) is 4.65. The third kappa shape index (κ3) is 5.01. The van der Waals surface area contributed by atoms with Crippen LogP contribution in [0.4, 0.5) is 18.9 Å². The molecule has 0 aliphatic rings. The quantitative estimate of drug-likeness (QED) is 0.121. The summed E-state index contributed by atoms with van der Waals surface area (Å²) in [5.41, 5.74) is -1.85. The molecule has 0 N–H and O–H groups in total. The highest BCUT2D eigenvalue weighted by atomic mass is 79.9. The minimum Gasteiger partial charge on any atom is -0.448 e. The van der Waals surface area contributed by atoms with Crippen molar-refractivity contribution in [3.8, 4) is 17.2 Å². The van der Waals surface area contributed by atoms with Gasteiger partial charge >= 0.3 is 12.1 Å². The molecule has 0 radical (unpaired) electrons. The van der Waals surface area contributed by atoms with E-state index >= 15 is 0 Å². The Hall–Kier alpha value is -4.19. The molecule has 0 bridgehead atoms. The van der Waals surface area contributed by atoms with Crippen LogP contribution in [0.3, 0.4) is 0 Å². The van der Waals surface area contributed by atoms with Crippen LogP contribution in [0.5, 0.6) is 17.2 Å². The fraction of sp³-hybridized carbons (Fsp3) is 0.0435. The van der Waals surface area contributed by atoms with E-state index in [4.69, 9.17) is 13.9 Å². The molecule has 4 rings (SSSR count). The summed E-state index contributed by atoms with van der Waals surface area (Å²) in [6.07, 6.45) is -5.07. The van der Waals surface area contributed by atoms with Gasteiger partial charge in [-0.15, -0.1) is 0 Å². The molecule has 178 valence electrons. The molecule has 0 unspecified atom stereocenters. The number of hydrogen-bond donors (Lipinski definition) is 0. The number of nitro groups is 1. The zero-order valence-electron chi connectivity index (χ0n) is 17.2. The van der Waals surface area contributed by atoms with Crippen molar-refractivity contribution in [2.24, 2.45) is 0 Å². The van der Waals surface area contributed by atoms with Gasteiger partial charge in [-0.25, -0.2) is 4.79 Å². The average molecular weight is 550 g/mol. The number of hydrogen-bond acceptors (Lipinski definition) is 7. The highest BCUT2D eigenvalue weighted by molar-refractivity contribution is 9.10. The standard InChI is InChI=1S/C23H11BrF3NO7/c24-16-3-1-2-4-17(16)34-20-19(29)15-10-9-14(11-18(15)35-21(20)23(25,26)27)33-22(30)12-5-7-13(8-6-12)28(31)32/h1-11H. The van der Waals surface area contributed by atoms with Gasteiger partial charge in [0.25, 0.3) is 11.4 Å². The van der Waals surface area contributed by atoms with Crippen LogP contribution in [0.2, 0.25) is 0 Å². The summed E-state index contributed by atoms with van der Waals surface area (Å²) >= 11 is 3.15. The van der Waals surface area contributed by atoms with Gasteiger partial charge in [-0.3, -0.25) is 14.9 Å². The van der Waals surface area contributed by atoms with Crippen LogP contribution in [-0.2, 0) is 6.18 Å². The first-order valence-corrected chi connectivity index (χ1v) is 10.4. The number of ether oxygens (including phenoxy) is 2. The van der Waals surface area contributed by atoms with Gasteiger partial charge in [0.2, 0.25) is 11.2 Å². The van der Waals surface area contributed by atoms with Crippen molar-refractivity contribution in [2.45, 2.75) is 6.18 Å². The number of rotatable bonds is 5. The fourth-order valence-corrected chi connectivity index (χ4v) is 3.39. The van der Waals surface area contributed by atoms with Crippen molar-refractivity contribution in [3.05, 3.63) is 103 Å². The number of halogens is 4. The van der Waals surface area contributed by atoms with Crippen molar-refractivity contribution in [1.82, 2.24) is 0 Å². The van der Waals surface area contributed by atoms with Crippen LogP contribution >= 0.6 is 15.9 Å². The maximum Gasteiger partial charge on any atom is 0.453 e. The van der Waals surface area contributed by atoms with Gasteiger partial charge in [-0.2, -0.15) is 13.2 Å². The Morgan fingerprint density at radius 1 is 1.03 bits per heavy atom. The van der Waals surface area contributed by atoms with Crippen LogP contribution in [0.15, 0.2) is 80.4 Å². The van der Waals surface area contributed by atoms with Gasteiger partial charge in [0, 0.05) is 18.2 Å². The second-order valence-electron chi connectivity index (χ2n) is 6.97. The largest absolute Gasteiger partial charge is 0.453 e. The molecule has 0 spiro atoms. The lowest BCUT2D eigenvalue weighted by Crippen LogP contribution is -2.16. The summed E-state index contributed by atoms with van der Waals surface area (Å²) in [6, 6.07) is 13.8. The smallest absolute Gasteiger partial charge is 0.448 e. The van der Waals surface area contributed by atoms with E-state index in [0.717, 1.165) is 36.4 Å². The molecular formula is C23H11BrF3NO7. The number of fused-ring (bicyclic) bond motifs is 1. The number of benzene rings is 3. The van der Waals surface area contributed by atoms with E-state index in [1.807, 2.05) is 0 Å². The van der Waals surface area contributed by atoms with Crippen molar-refractivity contribution in [1.29, 1.82) is 0 Å². The first kappa shape index (κ1) is 24.0. The lowest BCUT2D eigenvalue weighted by atomic mass is 10.2. The SMILES string of the molecule is O=C(Oc1ccc2c(=O)c(Oc3ccccc3Br)c(C(F)(F)F)oc2c1)c1ccc([N+](=O)[O-])cc1. The molecule has 0 amide bonds. The molecule has 8 nitrogen and oxygen atoms in total. The van der Waals surface area contributed by atoms with Crippen molar-refractivity contribution < 1.29 is 36.8 Å². The molecule has 0 atom stereocenters. The number of carbonyl (C=O) groups excluding carboxylic acids is 1. The molecule has 0 saturated heterocycles. The second-order valence-corrected chi connectivity index (χ2v) is 7.83. The minimum atomic E-state index is -5.07. The highest BCUT2D eigenvalue weighted by Crippen LogP contribution is 2.40. The Balaban J connectivity index is 1.72. The molecule has 3 aromatic carbocycles. The maximum absolute atomic E-state index is 13.7. The molecule has 0 aliphatic heterocycles. The Morgan fingerprint density at radius 3 is 2.34 bits per heavy atom. The first-order valence-electron chi connectivity index (χ1n) is 9.61. The summed E-state index contributed by atoms with van der Waals surface area (Å²) in [5.74, 6) is -3.88. The van der Waals surface area contributed by atoms with Gasteiger partial charge < -0.3 is 13.9 Å². The molecule has 0 fully saturated rings. The van der Waals surface area contributed by atoms with E-state index in [-0.39, 0.29) is 28.1 Å². The van der Waals surface area contributed by atoms with E-state index < -0.39 is 39.6 Å². The molecule has 12 heteroatoms. The number of nitrogens with zero attached hydrogens (tertiary/aromatic N) is 1. The van der Waals surface area contributed by atoms with Gasteiger partial charge in [0.1, 0.15) is 17.1 Å². The monoisotopic (exact) mass is 549 g/mol. The normalized spacial score (nSPS) is 11.3. The number of non-ortho nitro benzene ring substituents is 1. The molecule has 0 aliphatic carbocycles. The van der Waals surface area contributed by atoms with Gasteiger partial charge in [0.05, 0.1) is 20.3 Å². The van der Waals surface area contributed by atoms with Crippen LogP contribution in [-0.4, -0.2) is 10.9 Å². The number of nitro benzene ring substituents is 1. The molecular weight excluding hydrogens is 539 g/mol. The van der Waals surface area contributed by atoms with Crippen molar-refractivity contribution >= 4 is 38.6 Å². The summed E-state index contributed by atoms with van der Waals surface area (Å²) in [5, 5.41) is 10.5. The molecule has 4 aromatic rings. The first-order chi connectivity index (χ1) is 16.5. The zero-order chi connectivity index (χ0) is 25.3. The van der Waals surface area contributed by atoms with Crippen LogP contribution in [0.25, 0.3) is 11.0 Å². The highest BCUT2D eigenvalue weighted by Gasteiger charge is 2.40. The predicted molar refractivity (Wildman–Crippen MR) is 120 cm³/mol. The fourth-order valence-electron chi connectivity index (χ4n) is 3.02. The Bertz CT molecular complexity index is 1510. The van der Waals surface area contributed by atoms with E-state index in [1.165, 1.54) is 24.3 Å². The zero-order valence-corrected chi connectivity index (χ0v) is 18.8. The summed E-state index contributed by atoms with van der Waals surface area (Å²) in [6.45, 7) is 0. The van der Waals surface area contributed by atoms with Crippen LogP contribution in [0, 0.1) is 10.1 Å². The van der Waals surface area contributed by atoms with E-state index in [9.17, 15) is 32.9 Å². The second kappa shape index (κ2) is 9.22. The topological polar surface area (TPSA) is 109 Å². The van der Waals surface area contributed by atoms with E-state index in [2.05, 4.69) is 15.9 Å². The Morgan fingerprint density at radius 2 is 1.71 bits per heavy atom. The summed E-state index contributed by atoms with van der Waals surface area (Å²) in [7, 11) is 0. The molecule has 1 heterocycles. The lowest BCUT2D eigenvalue weighted by Gasteiger charge is -2.14. The van der Waals surface area contributed by atoms with E-state index in [0.29, 0.717) is 4.47 Å². The van der Waals surface area contributed by atoms with E-state index in [1.54, 1.807) is 6.07 Å². The minimum absolute atomic E-state index is 0.0294. The number of alkyl halides is 3. The Kier molecular flexibility index (Phi) is 6.31. The van der Waals surface area contributed by atoms with Crippen LogP contribution < -0.4 is 14.9 Å². The number of carbonyl (C=O) groups is 1. The van der Waals surface area contributed by atoms with Gasteiger partial charge in [-0.1, -0.05) is 12.1 Å². The van der Waals surface area contributed by atoms with Crippen molar-refractivity contribution in [3.63, 3.8) is 0 Å². The molecule has 0 saturated carbocycles. The summed E-state index contributed by atoms with van der Waals surface area (Å²) < 4.78 is 56.9. The van der Waals surface area contributed by atoms with Gasteiger partial charge in [-0.05, 0) is 52.3 Å². The lowest BCUT2D eigenvalue weighted by molar-refractivity contribution is -0.384. The summed E-state index contributed by atoms with van der Waals surface area (Å²) in [4.78, 5) is 35.3. The number of para-hydroxylation sites is 1. The molecule has 35 heavy (non-hydrogen) atoms. The Labute approximate surface area is 201 Å².